The van der Waals surface area contributed by atoms with Gasteiger partial charge >= 0.3 is 0 Å². The van der Waals surface area contributed by atoms with Gasteiger partial charge < -0.3 is 5.11 Å². The van der Waals surface area contributed by atoms with E-state index in [4.69, 9.17) is 5.11 Å². The second-order valence-electron chi connectivity index (χ2n) is 3.50. The minimum Gasteiger partial charge on any atom is -0.396 e. The molecular formula is C12H12BrNOS. The van der Waals surface area contributed by atoms with E-state index in [1.807, 2.05) is 12.1 Å². The van der Waals surface area contributed by atoms with Crippen LogP contribution in [0.1, 0.15) is 9.88 Å². The molecule has 1 N–H and O–H groups in total. The predicted molar refractivity (Wildman–Crippen MR) is 70.8 cm³/mol. The van der Waals surface area contributed by atoms with Crippen LogP contribution in [0.4, 0.5) is 0 Å². The first-order valence-corrected chi connectivity index (χ1v) is 6.65. The molecule has 1 aromatic heterocycles. The number of nitrogens with zero attached hydrogens (tertiary/aromatic N) is 1. The van der Waals surface area contributed by atoms with Crippen molar-refractivity contribution in [1.29, 1.82) is 0 Å². The molecule has 0 amide bonds. The number of aliphatic hydroxyl groups excluding tert-OH is 1. The maximum atomic E-state index is 8.89. The van der Waals surface area contributed by atoms with Gasteiger partial charge in [0.2, 0.25) is 0 Å². The third-order valence-corrected chi connectivity index (χ3v) is 3.79. The average molecular weight is 298 g/mol. The van der Waals surface area contributed by atoms with E-state index in [2.05, 4.69) is 40.0 Å². The molecule has 2 nitrogen and oxygen atoms in total. The zero-order valence-electron chi connectivity index (χ0n) is 8.90. The Morgan fingerprint density at radius 2 is 2.25 bits per heavy atom. The van der Waals surface area contributed by atoms with Gasteiger partial charge in [0, 0.05) is 27.9 Å². The van der Waals surface area contributed by atoms with Gasteiger partial charge in [-0.1, -0.05) is 28.1 Å². The van der Waals surface area contributed by atoms with Gasteiger partial charge in [-0.25, -0.2) is 4.98 Å². The first kappa shape index (κ1) is 11.8. The summed E-state index contributed by atoms with van der Waals surface area (Å²) in [5, 5.41) is 9.89. The molecule has 0 bridgehead atoms. The normalized spacial score (nSPS) is 10.7. The fourth-order valence-corrected chi connectivity index (χ4v) is 2.90. The van der Waals surface area contributed by atoms with Crippen LogP contribution >= 0.6 is 27.3 Å². The maximum absolute atomic E-state index is 8.89. The van der Waals surface area contributed by atoms with Crippen LogP contribution in [0.2, 0.25) is 0 Å². The number of thiazole rings is 1. The Bertz CT molecular complexity index is 496. The van der Waals surface area contributed by atoms with Gasteiger partial charge in [-0.05, 0) is 19.1 Å². The van der Waals surface area contributed by atoms with Crippen LogP contribution < -0.4 is 0 Å². The minimum absolute atomic E-state index is 0.158. The third-order valence-electron chi connectivity index (χ3n) is 2.26. The lowest BCUT2D eigenvalue weighted by atomic mass is 10.1. The van der Waals surface area contributed by atoms with E-state index in [-0.39, 0.29) is 6.61 Å². The molecule has 0 atom stereocenters. The van der Waals surface area contributed by atoms with E-state index in [0.29, 0.717) is 6.42 Å². The standard InChI is InChI=1S/C12H12BrNOS/c1-8-12(14-11(16-8)5-6-15)9-3-2-4-10(13)7-9/h2-4,7,15H,5-6H2,1H3. The lowest BCUT2D eigenvalue weighted by Gasteiger charge is -1.98. The summed E-state index contributed by atoms with van der Waals surface area (Å²) in [5.74, 6) is 0. The van der Waals surface area contributed by atoms with Crippen LogP contribution in [0.25, 0.3) is 11.3 Å². The van der Waals surface area contributed by atoms with Crippen molar-refractivity contribution in [2.45, 2.75) is 13.3 Å². The van der Waals surface area contributed by atoms with Gasteiger partial charge in [-0.2, -0.15) is 0 Å². The molecule has 0 saturated heterocycles. The number of rotatable bonds is 3. The summed E-state index contributed by atoms with van der Waals surface area (Å²) in [7, 11) is 0. The molecule has 4 heteroatoms. The average Bonchev–Trinajstić information content (AvgIpc) is 2.60. The monoisotopic (exact) mass is 297 g/mol. The van der Waals surface area contributed by atoms with E-state index in [0.717, 1.165) is 20.7 Å². The van der Waals surface area contributed by atoms with Crippen LogP contribution in [0.5, 0.6) is 0 Å². The molecule has 2 aromatic rings. The highest BCUT2D eigenvalue weighted by molar-refractivity contribution is 9.10. The topological polar surface area (TPSA) is 33.1 Å². The van der Waals surface area contributed by atoms with Crippen molar-refractivity contribution in [2.24, 2.45) is 0 Å². The minimum atomic E-state index is 0.158. The summed E-state index contributed by atoms with van der Waals surface area (Å²) < 4.78 is 1.06. The lowest BCUT2D eigenvalue weighted by Crippen LogP contribution is -1.89. The van der Waals surface area contributed by atoms with Crippen LogP contribution in [-0.2, 0) is 6.42 Å². The number of benzene rings is 1. The second-order valence-corrected chi connectivity index (χ2v) is 5.70. The van der Waals surface area contributed by atoms with Crippen LogP contribution in [0.15, 0.2) is 28.7 Å². The predicted octanol–water partition coefficient (Wildman–Crippen LogP) is 3.42. The summed E-state index contributed by atoms with van der Waals surface area (Å²) in [4.78, 5) is 5.74. The number of aryl methyl sites for hydroxylation is 1. The Hall–Kier alpha value is -0.710. The molecule has 0 aliphatic heterocycles. The Balaban J connectivity index is 2.40. The fourth-order valence-electron chi connectivity index (χ4n) is 1.56. The van der Waals surface area contributed by atoms with Crippen molar-refractivity contribution in [3.63, 3.8) is 0 Å². The highest BCUT2D eigenvalue weighted by Gasteiger charge is 2.09. The van der Waals surface area contributed by atoms with Crippen molar-refractivity contribution in [3.05, 3.63) is 38.6 Å². The van der Waals surface area contributed by atoms with Crippen LogP contribution in [0, 0.1) is 6.92 Å². The van der Waals surface area contributed by atoms with E-state index in [9.17, 15) is 0 Å². The van der Waals surface area contributed by atoms with Gasteiger partial charge in [0.25, 0.3) is 0 Å². The van der Waals surface area contributed by atoms with Crippen molar-refractivity contribution >= 4 is 27.3 Å². The zero-order chi connectivity index (χ0) is 11.5. The third kappa shape index (κ3) is 2.51. The van der Waals surface area contributed by atoms with Crippen molar-refractivity contribution in [1.82, 2.24) is 4.98 Å². The Morgan fingerprint density at radius 3 is 2.94 bits per heavy atom. The number of hydrogen-bond acceptors (Lipinski definition) is 3. The van der Waals surface area contributed by atoms with Crippen molar-refractivity contribution in [3.8, 4) is 11.3 Å². The maximum Gasteiger partial charge on any atom is 0.0958 e. The Morgan fingerprint density at radius 1 is 1.44 bits per heavy atom. The molecule has 0 aliphatic carbocycles. The summed E-state index contributed by atoms with van der Waals surface area (Å²) in [6.45, 7) is 2.22. The molecular weight excluding hydrogens is 286 g/mol. The fraction of sp³-hybridized carbons (Fsp3) is 0.250. The molecule has 2 rings (SSSR count). The molecule has 0 saturated carbocycles. The van der Waals surface area contributed by atoms with Gasteiger partial charge in [-0.15, -0.1) is 11.3 Å². The lowest BCUT2D eigenvalue weighted by molar-refractivity contribution is 0.299. The molecule has 0 radical (unpaired) electrons. The molecule has 0 unspecified atom stereocenters. The summed E-state index contributed by atoms with van der Waals surface area (Å²) in [6.07, 6.45) is 0.638. The summed E-state index contributed by atoms with van der Waals surface area (Å²) in [5.41, 5.74) is 2.14. The number of aliphatic hydroxyl groups is 1. The highest BCUT2D eigenvalue weighted by Crippen LogP contribution is 2.29. The van der Waals surface area contributed by atoms with Gasteiger partial charge in [0.15, 0.2) is 0 Å². The van der Waals surface area contributed by atoms with Crippen LogP contribution in [-0.4, -0.2) is 16.7 Å². The van der Waals surface area contributed by atoms with Crippen molar-refractivity contribution < 1.29 is 5.11 Å². The SMILES string of the molecule is Cc1sc(CCO)nc1-c1cccc(Br)c1. The number of aromatic nitrogens is 1. The van der Waals surface area contributed by atoms with E-state index in [1.165, 1.54) is 4.88 Å². The first-order valence-electron chi connectivity index (χ1n) is 5.04. The van der Waals surface area contributed by atoms with Crippen LogP contribution in [0.3, 0.4) is 0 Å². The summed E-state index contributed by atoms with van der Waals surface area (Å²) in [6, 6.07) is 8.12. The number of hydrogen-bond donors (Lipinski definition) is 1. The molecule has 1 aromatic carbocycles. The quantitative estimate of drug-likeness (QED) is 0.942. The number of halogens is 1. The van der Waals surface area contributed by atoms with E-state index < -0.39 is 0 Å². The van der Waals surface area contributed by atoms with Gasteiger partial charge in [-0.3, -0.25) is 0 Å². The molecule has 84 valence electrons. The van der Waals surface area contributed by atoms with Gasteiger partial charge in [0.05, 0.1) is 10.7 Å². The first-order chi connectivity index (χ1) is 7.70. The summed E-state index contributed by atoms with van der Waals surface area (Å²) >= 11 is 5.11. The second kappa shape index (κ2) is 5.08. The largest absolute Gasteiger partial charge is 0.396 e. The van der Waals surface area contributed by atoms with Crippen molar-refractivity contribution in [2.75, 3.05) is 6.61 Å². The molecule has 0 fully saturated rings. The molecule has 16 heavy (non-hydrogen) atoms. The molecule has 0 spiro atoms. The highest BCUT2D eigenvalue weighted by atomic mass is 79.9. The van der Waals surface area contributed by atoms with Gasteiger partial charge in [0.1, 0.15) is 0 Å². The zero-order valence-corrected chi connectivity index (χ0v) is 11.3. The Kier molecular flexibility index (Phi) is 3.74. The van der Waals surface area contributed by atoms with E-state index >= 15 is 0 Å². The molecule has 0 aliphatic rings. The van der Waals surface area contributed by atoms with E-state index in [1.54, 1.807) is 11.3 Å². The Labute approximate surface area is 107 Å². The molecule has 1 heterocycles. The smallest absolute Gasteiger partial charge is 0.0958 e.